The standard InChI is InChI=1S/C26H26N4O2S/c1-3-14-32-18-8-9-19-22(15-18)29(2)26(31)20(16-27)24(19)30-12-10-17(11-13-30)25-28-21-6-4-5-7-23(21)33-25/h4-9,15,17H,3,10-14H2,1-2H3. The first-order valence-corrected chi connectivity index (χ1v) is 12.2. The molecule has 2 aromatic carbocycles. The second-order valence-corrected chi connectivity index (χ2v) is 9.57. The third-order valence-electron chi connectivity index (χ3n) is 6.40. The van der Waals surface area contributed by atoms with Crippen LogP contribution in [0.15, 0.2) is 47.3 Å². The molecule has 0 spiro atoms. The minimum atomic E-state index is -0.263. The van der Waals surface area contributed by atoms with Crippen molar-refractivity contribution in [3.63, 3.8) is 0 Å². The average Bonchev–Trinajstić information content (AvgIpc) is 3.29. The number of nitriles is 1. The van der Waals surface area contributed by atoms with Crippen LogP contribution in [-0.4, -0.2) is 29.2 Å². The zero-order valence-corrected chi connectivity index (χ0v) is 19.7. The molecule has 0 amide bonds. The number of ether oxygens (including phenoxy) is 1. The highest BCUT2D eigenvalue weighted by molar-refractivity contribution is 7.18. The number of pyridine rings is 1. The molecule has 0 atom stereocenters. The third-order valence-corrected chi connectivity index (χ3v) is 7.60. The van der Waals surface area contributed by atoms with Gasteiger partial charge in [-0.15, -0.1) is 11.3 Å². The molecule has 33 heavy (non-hydrogen) atoms. The summed E-state index contributed by atoms with van der Waals surface area (Å²) in [5, 5.41) is 12.0. The summed E-state index contributed by atoms with van der Waals surface area (Å²) in [4.78, 5) is 20.1. The zero-order chi connectivity index (χ0) is 22.9. The van der Waals surface area contributed by atoms with Gasteiger partial charge in [0, 0.05) is 37.5 Å². The molecule has 4 aromatic rings. The van der Waals surface area contributed by atoms with Crippen molar-refractivity contribution in [1.82, 2.24) is 9.55 Å². The van der Waals surface area contributed by atoms with Crippen molar-refractivity contribution < 1.29 is 4.74 Å². The van der Waals surface area contributed by atoms with Crippen LogP contribution in [0.3, 0.4) is 0 Å². The van der Waals surface area contributed by atoms with Crippen LogP contribution >= 0.6 is 11.3 Å². The van der Waals surface area contributed by atoms with E-state index in [-0.39, 0.29) is 11.1 Å². The molecule has 1 saturated heterocycles. The Labute approximate surface area is 196 Å². The number of hydrogen-bond donors (Lipinski definition) is 0. The third kappa shape index (κ3) is 3.85. The number of aromatic nitrogens is 2. The average molecular weight is 459 g/mol. The molecule has 168 valence electrons. The quantitative estimate of drug-likeness (QED) is 0.411. The summed E-state index contributed by atoms with van der Waals surface area (Å²) in [6, 6.07) is 16.3. The van der Waals surface area contributed by atoms with E-state index in [1.165, 1.54) is 9.71 Å². The molecular weight excluding hydrogens is 432 g/mol. The maximum atomic E-state index is 13.1. The molecule has 5 rings (SSSR count). The summed E-state index contributed by atoms with van der Waals surface area (Å²) in [7, 11) is 1.72. The van der Waals surface area contributed by atoms with Crippen molar-refractivity contribution in [2.45, 2.75) is 32.1 Å². The highest BCUT2D eigenvalue weighted by Crippen LogP contribution is 2.38. The van der Waals surface area contributed by atoms with Gasteiger partial charge in [-0.05, 0) is 43.5 Å². The Morgan fingerprint density at radius 3 is 2.73 bits per heavy atom. The molecule has 0 N–H and O–H groups in total. The van der Waals surface area contributed by atoms with Crippen molar-refractivity contribution in [1.29, 1.82) is 5.26 Å². The normalized spacial score (nSPS) is 14.6. The monoisotopic (exact) mass is 458 g/mol. The highest BCUT2D eigenvalue weighted by Gasteiger charge is 2.27. The number of hydrogen-bond acceptors (Lipinski definition) is 6. The molecule has 0 bridgehead atoms. The fourth-order valence-electron chi connectivity index (χ4n) is 4.66. The van der Waals surface area contributed by atoms with Crippen molar-refractivity contribution in [3.8, 4) is 11.8 Å². The lowest BCUT2D eigenvalue weighted by Crippen LogP contribution is -2.35. The smallest absolute Gasteiger partial charge is 0.270 e. The Hall–Kier alpha value is -3.37. The number of rotatable bonds is 5. The zero-order valence-electron chi connectivity index (χ0n) is 18.9. The van der Waals surface area contributed by atoms with Crippen LogP contribution in [0.25, 0.3) is 21.1 Å². The minimum Gasteiger partial charge on any atom is -0.494 e. The summed E-state index contributed by atoms with van der Waals surface area (Å²) < 4.78 is 8.57. The van der Waals surface area contributed by atoms with Crippen LogP contribution < -0.4 is 15.2 Å². The molecule has 0 aliphatic carbocycles. The Morgan fingerprint density at radius 2 is 2.00 bits per heavy atom. The second kappa shape index (κ2) is 8.87. The molecule has 1 aliphatic heterocycles. The van der Waals surface area contributed by atoms with Gasteiger partial charge >= 0.3 is 0 Å². The van der Waals surface area contributed by atoms with Crippen molar-refractivity contribution in [3.05, 3.63) is 63.4 Å². The molecule has 0 saturated carbocycles. The van der Waals surface area contributed by atoms with E-state index in [1.807, 2.05) is 24.3 Å². The van der Waals surface area contributed by atoms with Gasteiger partial charge in [0.25, 0.3) is 5.56 Å². The lowest BCUT2D eigenvalue weighted by Gasteiger charge is -2.34. The van der Waals surface area contributed by atoms with Gasteiger partial charge in [0.15, 0.2) is 0 Å². The maximum Gasteiger partial charge on any atom is 0.270 e. The van der Waals surface area contributed by atoms with E-state index >= 15 is 0 Å². The van der Waals surface area contributed by atoms with Gasteiger partial charge in [-0.1, -0.05) is 19.1 Å². The summed E-state index contributed by atoms with van der Waals surface area (Å²) in [6.07, 6.45) is 2.80. The molecule has 0 unspecified atom stereocenters. The molecule has 7 heteroatoms. The predicted molar refractivity (Wildman–Crippen MR) is 133 cm³/mol. The van der Waals surface area contributed by atoms with Gasteiger partial charge in [0.1, 0.15) is 17.4 Å². The summed E-state index contributed by atoms with van der Waals surface area (Å²) >= 11 is 1.77. The van der Waals surface area contributed by atoms with Gasteiger partial charge in [-0.3, -0.25) is 4.79 Å². The van der Waals surface area contributed by atoms with Crippen LogP contribution in [-0.2, 0) is 7.05 Å². The number of fused-ring (bicyclic) bond motifs is 2. The molecule has 6 nitrogen and oxygen atoms in total. The van der Waals surface area contributed by atoms with Crippen LogP contribution in [0.5, 0.6) is 5.75 Å². The van der Waals surface area contributed by atoms with Crippen LogP contribution in [0.4, 0.5) is 5.69 Å². The fraction of sp³-hybridized carbons (Fsp3) is 0.346. The molecule has 3 heterocycles. The van der Waals surface area contributed by atoms with E-state index in [1.54, 1.807) is 23.0 Å². The first kappa shape index (κ1) is 21.5. The van der Waals surface area contributed by atoms with E-state index in [0.717, 1.165) is 60.2 Å². The van der Waals surface area contributed by atoms with E-state index < -0.39 is 0 Å². The fourth-order valence-corrected chi connectivity index (χ4v) is 5.79. The molecule has 2 aromatic heterocycles. The number of nitrogens with zero attached hydrogens (tertiary/aromatic N) is 4. The minimum absolute atomic E-state index is 0.214. The van der Waals surface area contributed by atoms with Crippen molar-refractivity contribution in [2.75, 3.05) is 24.6 Å². The van der Waals surface area contributed by atoms with E-state index in [4.69, 9.17) is 9.72 Å². The largest absolute Gasteiger partial charge is 0.494 e. The van der Waals surface area contributed by atoms with Gasteiger partial charge in [0.2, 0.25) is 0 Å². The van der Waals surface area contributed by atoms with Gasteiger partial charge in [-0.2, -0.15) is 5.26 Å². The molecule has 1 fully saturated rings. The van der Waals surface area contributed by atoms with Gasteiger partial charge < -0.3 is 14.2 Å². The summed E-state index contributed by atoms with van der Waals surface area (Å²) in [5.41, 5.74) is 2.55. The Bertz CT molecular complexity index is 1390. The lowest BCUT2D eigenvalue weighted by atomic mass is 9.96. The van der Waals surface area contributed by atoms with Crippen LogP contribution in [0.2, 0.25) is 0 Å². The molecule has 0 radical (unpaired) electrons. The number of aryl methyl sites for hydroxylation is 1. The number of piperidine rings is 1. The number of thiazole rings is 1. The van der Waals surface area contributed by atoms with Crippen LogP contribution in [0.1, 0.15) is 42.7 Å². The lowest BCUT2D eigenvalue weighted by molar-refractivity contribution is 0.318. The van der Waals surface area contributed by atoms with Crippen molar-refractivity contribution >= 4 is 38.1 Å². The van der Waals surface area contributed by atoms with E-state index in [9.17, 15) is 10.1 Å². The maximum absolute atomic E-state index is 13.1. The Morgan fingerprint density at radius 1 is 1.21 bits per heavy atom. The Kier molecular flexibility index (Phi) is 5.77. The summed E-state index contributed by atoms with van der Waals surface area (Å²) in [5.74, 6) is 1.14. The first-order chi connectivity index (χ1) is 16.1. The van der Waals surface area contributed by atoms with Crippen LogP contribution in [0, 0.1) is 11.3 Å². The predicted octanol–water partition coefficient (Wildman–Crippen LogP) is 5.19. The molecule has 1 aliphatic rings. The Balaban J connectivity index is 1.48. The van der Waals surface area contributed by atoms with E-state index in [2.05, 4.69) is 36.1 Å². The second-order valence-electron chi connectivity index (χ2n) is 8.51. The molecular formula is C26H26N4O2S. The highest BCUT2D eigenvalue weighted by atomic mass is 32.1. The van der Waals surface area contributed by atoms with E-state index in [0.29, 0.717) is 12.5 Å². The summed E-state index contributed by atoms with van der Waals surface area (Å²) in [6.45, 7) is 4.26. The number of para-hydroxylation sites is 1. The van der Waals surface area contributed by atoms with Gasteiger partial charge in [-0.25, -0.2) is 4.98 Å². The SMILES string of the molecule is CCCOc1ccc2c(N3CCC(c4nc5ccccc5s4)CC3)c(C#N)c(=O)n(C)c2c1. The number of anilines is 1. The first-order valence-electron chi connectivity index (χ1n) is 11.4. The van der Waals surface area contributed by atoms with Gasteiger partial charge in [0.05, 0.1) is 33.0 Å². The van der Waals surface area contributed by atoms with Crippen molar-refractivity contribution in [2.24, 2.45) is 7.05 Å². The number of benzene rings is 2. The topological polar surface area (TPSA) is 71.2 Å².